The van der Waals surface area contributed by atoms with Gasteiger partial charge in [-0.2, -0.15) is 10.2 Å². The van der Waals surface area contributed by atoms with Crippen molar-refractivity contribution in [3.63, 3.8) is 0 Å². The highest BCUT2D eigenvalue weighted by Gasteiger charge is 2.13. The third-order valence-corrected chi connectivity index (χ3v) is 6.37. The van der Waals surface area contributed by atoms with Crippen LogP contribution in [-0.2, 0) is 6.42 Å². The number of nitrogens with two attached hydrogens (primary N) is 2. The number of nitrogen functional groups attached to an aromatic ring is 2. The van der Waals surface area contributed by atoms with Gasteiger partial charge < -0.3 is 21.1 Å². The van der Waals surface area contributed by atoms with Crippen LogP contribution in [0.2, 0.25) is 0 Å². The van der Waals surface area contributed by atoms with Gasteiger partial charge in [0, 0.05) is 47.0 Å². The Balaban J connectivity index is 1.30. The topological polar surface area (TPSA) is 132 Å². The standard InChI is InChI=1S/C32H28N6O3/c33-24-6-19-32(34)23(22-24)20-21-41-31-17-15-29(16-18-31)37(27-4-2-1-3-5-27)28-11-7-25(8-12-28)35-36-26-9-13-30(14-10-26)38(39)40/h1-19,22H,20-21,33-34H2. The maximum atomic E-state index is 10.8. The van der Waals surface area contributed by atoms with Gasteiger partial charge in [-0.1, -0.05) is 18.2 Å². The molecule has 0 aromatic heterocycles. The summed E-state index contributed by atoms with van der Waals surface area (Å²) in [5.41, 5.74) is 18.4. The van der Waals surface area contributed by atoms with E-state index in [0.717, 1.165) is 28.4 Å². The number of ether oxygens (including phenoxy) is 1. The Labute approximate surface area is 237 Å². The Bertz CT molecular complexity index is 1640. The van der Waals surface area contributed by atoms with Gasteiger partial charge in [-0.05, 0) is 96.6 Å². The highest BCUT2D eigenvalue weighted by Crippen LogP contribution is 2.36. The van der Waals surface area contributed by atoms with E-state index in [1.165, 1.54) is 12.1 Å². The molecule has 0 unspecified atom stereocenters. The first-order valence-electron chi connectivity index (χ1n) is 12.9. The molecule has 5 rings (SSSR count). The largest absolute Gasteiger partial charge is 0.493 e. The third kappa shape index (κ3) is 6.85. The fraction of sp³-hybridized carbons (Fsp3) is 0.0625. The van der Waals surface area contributed by atoms with Crippen LogP contribution in [0.1, 0.15) is 5.56 Å². The van der Waals surface area contributed by atoms with Crippen LogP contribution < -0.4 is 21.1 Å². The van der Waals surface area contributed by atoms with Crippen molar-refractivity contribution >= 4 is 45.5 Å². The lowest BCUT2D eigenvalue weighted by molar-refractivity contribution is -0.384. The lowest BCUT2D eigenvalue weighted by Crippen LogP contribution is -2.09. The molecular weight excluding hydrogens is 516 g/mol. The SMILES string of the molecule is Nc1ccc(N)c(CCOc2ccc(N(c3ccccc3)c3ccc(N=Nc4ccc([N+](=O)[O-])cc4)cc3)cc2)c1. The summed E-state index contributed by atoms with van der Waals surface area (Å²) in [6, 6.07) is 37.1. The van der Waals surface area contributed by atoms with Crippen LogP contribution >= 0.6 is 0 Å². The monoisotopic (exact) mass is 544 g/mol. The number of nitro groups is 1. The van der Waals surface area contributed by atoms with E-state index in [0.29, 0.717) is 35.8 Å². The van der Waals surface area contributed by atoms with Crippen molar-refractivity contribution in [2.45, 2.75) is 6.42 Å². The fourth-order valence-corrected chi connectivity index (χ4v) is 4.26. The second kappa shape index (κ2) is 12.4. The van der Waals surface area contributed by atoms with Crippen molar-refractivity contribution in [1.82, 2.24) is 0 Å². The zero-order valence-electron chi connectivity index (χ0n) is 22.1. The van der Waals surface area contributed by atoms with Gasteiger partial charge in [0.1, 0.15) is 5.75 Å². The van der Waals surface area contributed by atoms with Crippen molar-refractivity contribution in [3.8, 4) is 5.75 Å². The molecule has 0 radical (unpaired) electrons. The number of hydrogen-bond donors (Lipinski definition) is 2. The molecule has 0 aliphatic rings. The quantitative estimate of drug-likeness (QED) is 0.0787. The molecule has 9 heteroatoms. The Morgan fingerprint density at radius 3 is 1.88 bits per heavy atom. The number of hydrogen-bond acceptors (Lipinski definition) is 8. The Hall–Kier alpha value is -5.70. The van der Waals surface area contributed by atoms with Crippen LogP contribution in [0.15, 0.2) is 132 Å². The Morgan fingerprint density at radius 2 is 1.27 bits per heavy atom. The van der Waals surface area contributed by atoms with E-state index in [-0.39, 0.29) is 5.69 Å². The van der Waals surface area contributed by atoms with Gasteiger partial charge in [0.05, 0.1) is 22.9 Å². The molecule has 0 saturated carbocycles. The van der Waals surface area contributed by atoms with Gasteiger partial charge in [-0.25, -0.2) is 0 Å². The second-order valence-corrected chi connectivity index (χ2v) is 9.21. The highest BCUT2D eigenvalue weighted by atomic mass is 16.6. The normalized spacial score (nSPS) is 10.9. The number of nitro benzene ring substituents is 1. The zero-order chi connectivity index (χ0) is 28.6. The molecule has 0 aliphatic carbocycles. The number of anilines is 5. The first kappa shape index (κ1) is 26.9. The molecule has 5 aromatic carbocycles. The molecular formula is C32H28N6O3. The summed E-state index contributed by atoms with van der Waals surface area (Å²) in [6.07, 6.45) is 0.655. The van der Waals surface area contributed by atoms with Crippen LogP contribution in [0, 0.1) is 10.1 Å². The van der Waals surface area contributed by atoms with Crippen molar-refractivity contribution in [2.75, 3.05) is 23.0 Å². The lowest BCUT2D eigenvalue weighted by Gasteiger charge is -2.25. The van der Waals surface area contributed by atoms with Crippen LogP contribution in [0.3, 0.4) is 0 Å². The van der Waals surface area contributed by atoms with Crippen molar-refractivity contribution in [3.05, 3.63) is 137 Å². The molecule has 0 bridgehead atoms. The van der Waals surface area contributed by atoms with Gasteiger partial charge >= 0.3 is 0 Å². The molecule has 41 heavy (non-hydrogen) atoms. The molecule has 4 N–H and O–H groups in total. The molecule has 0 heterocycles. The Morgan fingerprint density at radius 1 is 0.707 bits per heavy atom. The van der Waals surface area contributed by atoms with E-state index >= 15 is 0 Å². The first-order chi connectivity index (χ1) is 20.0. The van der Waals surface area contributed by atoms with Crippen molar-refractivity contribution in [1.29, 1.82) is 0 Å². The van der Waals surface area contributed by atoms with E-state index < -0.39 is 4.92 Å². The second-order valence-electron chi connectivity index (χ2n) is 9.21. The molecule has 0 amide bonds. The van der Waals surface area contributed by atoms with Crippen LogP contribution in [0.25, 0.3) is 0 Å². The first-order valence-corrected chi connectivity index (χ1v) is 12.9. The summed E-state index contributed by atoms with van der Waals surface area (Å²) in [7, 11) is 0. The third-order valence-electron chi connectivity index (χ3n) is 6.37. The summed E-state index contributed by atoms with van der Waals surface area (Å²) < 4.78 is 5.98. The van der Waals surface area contributed by atoms with Crippen LogP contribution in [0.5, 0.6) is 5.75 Å². The van der Waals surface area contributed by atoms with Crippen molar-refractivity contribution < 1.29 is 9.66 Å². The summed E-state index contributed by atoms with van der Waals surface area (Å²) >= 11 is 0. The van der Waals surface area contributed by atoms with E-state index in [2.05, 4.69) is 15.1 Å². The predicted octanol–water partition coefficient (Wildman–Crippen LogP) is 8.27. The van der Waals surface area contributed by atoms with Crippen molar-refractivity contribution in [2.24, 2.45) is 10.2 Å². The number of para-hydroxylation sites is 1. The fourth-order valence-electron chi connectivity index (χ4n) is 4.26. The average Bonchev–Trinajstić information content (AvgIpc) is 3.00. The van der Waals surface area contributed by atoms with E-state index in [4.69, 9.17) is 16.2 Å². The minimum Gasteiger partial charge on any atom is -0.493 e. The number of nitrogens with zero attached hydrogens (tertiary/aromatic N) is 4. The molecule has 9 nitrogen and oxygen atoms in total. The summed E-state index contributed by atoms with van der Waals surface area (Å²) in [6.45, 7) is 0.477. The molecule has 0 atom stereocenters. The van der Waals surface area contributed by atoms with E-state index in [1.807, 2.05) is 91.0 Å². The smallest absolute Gasteiger partial charge is 0.269 e. The van der Waals surface area contributed by atoms with Gasteiger partial charge in [-0.3, -0.25) is 10.1 Å². The molecule has 0 aliphatic heterocycles. The maximum Gasteiger partial charge on any atom is 0.269 e. The molecule has 0 saturated heterocycles. The number of azo groups is 1. The van der Waals surface area contributed by atoms with Gasteiger partial charge in [0.25, 0.3) is 5.69 Å². The van der Waals surface area contributed by atoms with Crippen LogP contribution in [-0.4, -0.2) is 11.5 Å². The van der Waals surface area contributed by atoms with Gasteiger partial charge in [0.15, 0.2) is 0 Å². The van der Waals surface area contributed by atoms with Gasteiger partial charge in [-0.15, -0.1) is 0 Å². The number of non-ortho nitro benzene ring substituents is 1. The number of rotatable bonds is 10. The summed E-state index contributed by atoms with van der Waals surface area (Å²) in [4.78, 5) is 12.5. The summed E-state index contributed by atoms with van der Waals surface area (Å²) in [5, 5.41) is 19.3. The van der Waals surface area contributed by atoms with Gasteiger partial charge in [0.2, 0.25) is 0 Å². The van der Waals surface area contributed by atoms with Crippen LogP contribution in [0.4, 0.5) is 45.5 Å². The predicted molar refractivity (Wildman–Crippen MR) is 163 cm³/mol. The summed E-state index contributed by atoms with van der Waals surface area (Å²) in [5.74, 6) is 0.756. The lowest BCUT2D eigenvalue weighted by atomic mass is 10.1. The maximum absolute atomic E-state index is 10.8. The minimum absolute atomic E-state index is 0.0110. The zero-order valence-corrected chi connectivity index (χ0v) is 22.1. The molecule has 0 fully saturated rings. The minimum atomic E-state index is -0.446. The highest BCUT2D eigenvalue weighted by molar-refractivity contribution is 5.77. The average molecular weight is 545 g/mol. The van der Waals surface area contributed by atoms with E-state index in [9.17, 15) is 10.1 Å². The molecule has 0 spiro atoms. The Kier molecular flexibility index (Phi) is 8.16. The molecule has 204 valence electrons. The van der Waals surface area contributed by atoms with E-state index in [1.54, 1.807) is 18.2 Å². The number of benzene rings is 5. The molecule has 5 aromatic rings.